The first kappa shape index (κ1) is 19.1. The lowest BCUT2D eigenvalue weighted by Gasteiger charge is -2.28. The Balaban J connectivity index is 1.34. The Morgan fingerprint density at radius 2 is 1.70 bits per heavy atom. The molecule has 0 unspecified atom stereocenters. The molecule has 0 bridgehead atoms. The molecular formula is C19H25FN4O3+2. The van der Waals surface area contributed by atoms with Gasteiger partial charge in [-0.15, -0.1) is 0 Å². The molecule has 2 aromatic rings. The summed E-state index contributed by atoms with van der Waals surface area (Å²) >= 11 is 0. The third-order valence-electron chi connectivity index (χ3n) is 4.63. The highest BCUT2D eigenvalue weighted by molar-refractivity contribution is 5.91. The number of anilines is 1. The van der Waals surface area contributed by atoms with Gasteiger partial charge in [-0.25, -0.2) is 4.39 Å². The normalized spacial score (nSPS) is 19.4. The van der Waals surface area contributed by atoms with Crippen molar-refractivity contribution in [1.82, 2.24) is 5.32 Å². The van der Waals surface area contributed by atoms with Crippen molar-refractivity contribution in [3.63, 3.8) is 0 Å². The summed E-state index contributed by atoms with van der Waals surface area (Å²) in [6.45, 7) is 4.46. The van der Waals surface area contributed by atoms with Crippen molar-refractivity contribution >= 4 is 17.5 Å². The Bertz CT molecular complexity index is 758. The molecule has 27 heavy (non-hydrogen) atoms. The summed E-state index contributed by atoms with van der Waals surface area (Å²) in [6, 6.07) is 9.49. The minimum absolute atomic E-state index is 0.00584. The molecule has 1 aliphatic rings. The fraction of sp³-hybridized carbons (Fsp3) is 0.368. The van der Waals surface area contributed by atoms with Crippen LogP contribution in [0.15, 0.2) is 47.1 Å². The summed E-state index contributed by atoms with van der Waals surface area (Å²) in [5.41, 5.74) is 0.469. The largest absolute Gasteiger partial charge is 0.467 e. The van der Waals surface area contributed by atoms with Crippen LogP contribution in [0.5, 0.6) is 0 Å². The molecule has 0 aliphatic carbocycles. The van der Waals surface area contributed by atoms with Gasteiger partial charge in [0.05, 0.1) is 12.8 Å². The molecule has 1 aromatic carbocycles. The number of quaternary nitrogens is 2. The molecule has 1 saturated heterocycles. The number of furan rings is 1. The number of benzene rings is 1. The Morgan fingerprint density at radius 3 is 2.33 bits per heavy atom. The van der Waals surface area contributed by atoms with E-state index in [9.17, 15) is 14.0 Å². The van der Waals surface area contributed by atoms with Crippen LogP contribution in [0.4, 0.5) is 10.1 Å². The number of rotatable bonds is 7. The van der Waals surface area contributed by atoms with Gasteiger partial charge >= 0.3 is 0 Å². The highest BCUT2D eigenvalue weighted by atomic mass is 19.1. The summed E-state index contributed by atoms with van der Waals surface area (Å²) < 4.78 is 18.4. The van der Waals surface area contributed by atoms with Gasteiger partial charge in [-0.3, -0.25) is 9.59 Å². The van der Waals surface area contributed by atoms with Crippen LogP contribution in [0.2, 0.25) is 0 Å². The van der Waals surface area contributed by atoms with Gasteiger partial charge in [-0.1, -0.05) is 6.07 Å². The average molecular weight is 376 g/mol. The van der Waals surface area contributed by atoms with Crippen molar-refractivity contribution in [2.24, 2.45) is 0 Å². The summed E-state index contributed by atoms with van der Waals surface area (Å²) in [5, 5.41) is 5.58. The quantitative estimate of drug-likeness (QED) is 0.473. The van der Waals surface area contributed by atoms with E-state index in [2.05, 4.69) is 10.6 Å². The maximum absolute atomic E-state index is 13.2. The van der Waals surface area contributed by atoms with Crippen LogP contribution in [-0.4, -0.2) is 51.1 Å². The third-order valence-corrected chi connectivity index (χ3v) is 4.63. The number of piperazine rings is 1. The van der Waals surface area contributed by atoms with Crippen molar-refractivity contribution in [2.75, 3.05) is 44.6 Å². The molecule has 2 amide bonds. The Kier molecular flexibility index (Phi) is 6.56. The van der Waals surface area contributed by atoms with E-state index in [1.807, 2.05) is 6.07 Å². The second-order valence-electron chi connectivity index (χ2n) is 6.77. The van der Waals surface area contributed by atoms with Crippen LogP contribution in [0.3, 0.4) is 0 Å². The van der Waals surface area contributed by atoms with E-state index >= 15 is 0 Å². The van der Waals surface area contributed by atoms with E-state index < -0.39 is 0 Å². The lowest BCUT2D eigenvalue weighted by Crippen LogP contribution is -3.28. The summed E-state index contributed by atoms with van der Waals surface area (Å²) in [4.78, 5) is 26.5. The highest BCUT2D eigenvalue weighted by Gasteiger charge is 2.26. The Hall–Kier alpha value is -2.71. The number of hydrogen-bond donors (Lipinski definition) is 4. The number of nitrogens with one attached hydrogen (secondary N) is 4. The van der Waals surface area contributed by atoms with Gasteiger partial charge in [0, 0.05) is 5.69 Å². The van der Waals surface area contributed by atoms with E-state index in [1.165, 1.54) is 21.9 Å². The molecule has 2 heterocycles. The predicted octanol–water partition coefficient (Wildman–Crippen LogP) is -1.54. The molecule has 1 aliphatic heterocycles. The molecule has 3 rings (SSSR count). The number of halogens is 1. The zero-order valence-corrected chi connectivity index (χ0v) is 15.1. The van der Waals surface area contributed by atoms with Crippen LogP contribution in [0.1, 0.15) is 5.76 Å². The lowest BCUT2D eigenvalue weighted by atomic mass is 10.3. The van der Waals surface area contributed by atoms with Gasteiger partial charge in [0.2, 0.25) is 0 Å². The zero-order chi connectivity index (χ0) is 19.1. The molecule has 8 heteroatoms. The smallest absolute Gasteiger partial charge is 0.279 e. The molecule has 1 aromatic heterocycles. The standard InChI is InChI=1S/C19H23FN4O3/c20-15-3-1-4-16(11-15)22-19(26)14-24-8-6-23(7-9-24)13-18(25)21-12-17-5-2-10-27-17/h1-5,10-11H,6-9,12-14H2,(H,21,25)(H,22,26)/p+2. The molecule has 1 fully saturated rings. The average Bonchev–Trinajstić information content (AvgIpc) is 3.15. The Labute approximate surface area is 157 Å². The first-order valence-electron chi connectivity index (χ1n) is 9.10. The molecule has 7 nitrogen and oxygen atoms in total. The van der Waals surface area contributed by atoms with Crippen LogP contribution in [-0.2, 0) is 16.1 Å². The van der Waals surface area contributed by atoms with Crippen molar-refractivity contribution in [3.05, 3.63) is 54.2 Å². The van der Waals surface area contributed by atoms with Crippen molar-refractivity contribution in [3.8, 4) is 0 Å². The molecule has 0 radical (unpaired) electrons. The third kappa shape index (κ3) is 6.19. The molecule has 0 saturated carbocycles. The second-order valence-corrected chi connectivity index (χ2v) is 6.77. The minimum Gasteiger partial charge on any atom is -0.467 e. The van der Waals surface area contributed by atoms with E-state index in [0.717, 1.165) is 31.9 Å². The lowest BCUT2D eigenvalue weighted by molar-refractivity contribution is -1.00. The van der Waals surface area contributed by atoms with Crippen molar-refractivity contribution < 1.29 is 28.2 Å². The molecule has 4 N–H and O–H groups in total. The topological polar surface area (TPSA) is 80.2 Å². The van der Waals surface area contributed by atoms with Crippen molar-refractivity contribution in [1.29, 1.82) is 0 Å². The van der Waals surface area contributed by atoms with E-state index in [1.54, 1.807) is 24.5 Å². The van der Waals surface area contributed by atoms with Crippen LogP contribution < -0.4 is 20.4 Å². The maximum Gasteiger partial charge on any atom is 0.279 e. The van der Waals surface area contributed by atoms with Crippen LogP contribution >= 0.6 is 0 Å². The summed E-state index contributed by atoms with van der Waals surface area (Å²) in [7, 11) is 0. The van der Waals surface area contributed by atoms with Crippen molar-refractivity contribution in [2.45, 2.75) is 6.54 Å². The monoisotopic (exact) mass is 376 g/mol. The fourth-order valence-electron chi connectivity index (χ4n) is 3.20. The van der Waals surface area contributed by atoms with Gasteiger partial charge < -0.3 is 24.9 Å². The summed E-state index contributed by atoms with van der Waals surface area (Å²) in [6.07, 6.45) is 1.58. The first-order chi connectivity index (χ1) is 13.1. The number of amides is 2. The molecular weight excluding hydrogens is 351 g/mol. The molecule has 144 valence electrons. The maximum atomic E-state index is 13.2. The highest BCUT2D eigenvalue weighted by Crippen LogP contribution is 2.08. The van der Waals surface area contributed by atoms with E-state index in [-0.39, 0.29) is 17.6 Å². The second kappa shape index (κ2) is 9.29. The number of carbonyl (C=O) groups excluding carboxylic acids is 2. The van der Waals surface area contributed by atoms with Gasteiger partial charge in [0.25, 0.3) is 11.8 Å². The number of hydrogen-bond acceptors (Lipinski definition) is 3. The SMILES string of the molecule is O=C(C[NH+]1CC[NH+](CC(=O)Nc2cccc(F)c2)CC1)NCc1ccco1. The van der Waals surface area contributed by atoms with E-state index in [4.69, 9.17) is 4.42 Å². The molecule has 0 spiro atoms. The predicted molar refractivity (Wildman–Crippen MR) is 96.7 cm³/mol. The first-order valence-corrected chi connectivity index (χ1v) is 9.10. The van der Waals surface area contributed by atoms with E-state index in [0.29, 0.717) is 25.3 Å². The fourth-order valence-corrected chi connectivity index (χ4v) is 3.20. The van der Waals surface area contributed by atoms with Crippen LogP contribution in [0, 0.1) is 5.82 Å². The molecule has 0 atom stereocenters. The van der Waals surface area contributed by atoms with Crippen LogP contribution in [0.25, 0.3) is 0 Å². The van der Waals surface area contributed by atoms with Gasteiger partial charge in [0.1, 0.15) is 37.8 Å². The number of carbonyl (C=O) groups is 2. The minimum atomic E-state index is -0.373. The zero-order valence-electron chi connectivity index (χ0n) is 15.1. The Morgan fingerprint density at radius 1 is 1.00 bits per heavy atom. The van der Waals surface area contributed by atoms with Gasteiger partial charge in [-0.2, -0.15) is 0 Å². The summed E-state index contributed by atoms with van der Waals surface area (Å²) in [5.74, 6) is 0.226. The van der Waals surface area contributed by atoms with Gasteiger partial charge in [-0.05, 0) is 30.3 Å². The van der Waals surface area contributed by atoms with Gasteiger partial charge in [0.15, 0.2) is 13.1 Å².